The van der Waals surface area contributed by atoms with Crippen molar-refractivity contribution in [1.29, 1.82) is 0 Å². The number of hydrogen-bond acceptors (Lipinski definition) is 3. The Morgan fingerprint density at radius 2 is 2.00 bits per heavy atom. The van der Waals surface area contributed by atoms with Crippen molar-refractivity contribution in [2.24, 2.45) is 13.0 Å². The zero-order valence-electron chi connectivity index (χ0n) is 12.4. The summed E-state index contributed by atoms with van der Waals surface area (Å²) in [6.45, 7) is 8.20. The van der Waals surface area contributed by atoms with Gasteiger partial charge in [-0.25, -0.2) is 9.97 Å². The molecule has 1 N–H and O–H groups in total. The summed E-state index contributed by atoms with van der Waals surface area (Å²) in [7, 11) is 2.00. The molecule has 1 atom stereocenters. The number of imidazole rings is 1. The average Bonchev–Trinajstić information content (AvgIpc) is 2.67. The van der Waals surface area contributed by atoms with Gasteiger partial charge in [-0.05, 0) is 24.5 Å². The lowest BCUT2D eigenvalue weighted by Gasteiger charge is -2.14. The van der Waals surface area contributed by atoms with Gasteiger partial charge in [0.05, 0.1) is 6.10 Å². The van der Waals surface area contributed by atoms with Gasteiger partial charge in [-0.3, -0.25) is 0 Å². The maximum absolute atomic E-state index is 10.0. The van der Waals surface area contributed by atoms with E-state index < -0.39 is 0 Å². The number of aliphatic hydroxyl groups excluding tert-OH is 1. The highest BCUT2D eigenvalue weighted by Gasteiger charge is 2.15. The van der Waals surface area contributed by atoms with E-state index in [-0.39, 0.29) is 12.0 Å². The van der Waals surface area contributed by atoms with Gasteiger partial charge in [0.25, 0.3) is 0 Å². The SMILES string of the molecule is CCc1nc2c(C)cc(CC(O)C(C)C)nc2n1C. The van der Waals surface area contributed by atoms with E-state index in [1.54, 1.807) is 0 Å². The second kappa shape index (κ2) is 5.29. The van der Waals surface area contributed by atoms with Gasteiger partial charge in [0, 0.05) is 25.6 Å². The van der Waals surface area contributed by atoms with Crippen LogP contribution in [-0.2, 0) is 19.9 Å². The molecule has 4 nitrogen and oxygen atoms in total. The largest absolute Gasteiger partial charge is 0.392 e. The standard InChI is InChI=1S/C15H23N3O/c1-6-13-17-14-10(4)7-11(8-12(19)9(2)3)16-15(14)18(13)5/h7,9,12,19H,6,8H2,1-5H3. The summed E-state index contributed by atoms with van der Waals surface area (Å²) in [5, 5.41) is 10.0. The second-order valence-electron chi connectivity index (χ2n) is 5.56. The first kappa shape index (κ1) is 14.0. The van der Waals surface area contributed by atoms with Gasteiger partial charge in [0.15, 0.2) is 5.65 Å². The summed E-state index contributed by atoms with van der Waals surface area (Å²) in [6.07, 6.45) is 1.15. The van der Waals surface area contributed by atoms with Crippen LogP contribution in [0.15, 0.2) is 6.07 Å². The van der Waals surface area contributed by atoms with Gasteiger partial charge in [0.2, 0.25) is 0 Å². The third-order valence-electron chi connectivity index (χ3n) is 3.67. The van der Waals surface area contributed by atoms with Gasteiger partial charge in [-0.15, -0.1) is 0 Å². The van der Waals surface area contributed by atoms with Crippen LogP contribution in [-0.4, -0.2) is 25.7 Å². The number of fused-ring (bicyclic) bond motifs is 1. The number of aryl methyl sites for hydroxylation is 3. The van der Waals surface area contributed by atoms with E-state index in [0.717, 1.165) is 34.7 Å². The Kier molecular flexibility index (Phi) is 3.90. The Morgan fingerprint density at radius 3 is 2.58 bits per heavy atom. The van der Waals surface area contributed by atoms with Crippen LogP contribution in [0.5, 0.6) is 0 Å². The summed E-state index contributed by atoms with van der Waals surface area (Å²) in [5.41, 5.74) is 3.97. The molecule has 4 heteroatoms. The zero-order valence-corrected chi connectivity index (χ0v) is 12.4. The second-order valence-corrected chi connectivity index (χ2v) is 5.56. The summed E-state index contributed by atoms with van der Waals surface area (Å²) < 4.78 is 2.05. The number of pyridine rings is 1. The Bertz CT molecular complexity index is 587. The Labute approximate surface area is 114 Å². The van der Waals surface area contributed by atoms with Crippen LogP contribution in [0.2, 0.25) is 0 Å². The molecule has 0 aliphatic carbocycles. The molecule has 2 aromatic heterocycles. The highest BCUT2D eigenvalue weighted by atomic mass is 16.3. The van der Waals surface area contributed by atoms with Crippen molar-refractivity contribution in [2.45, 2.75) is 46.6 Å². The van der Waals surface area contributed by atoms with Crippen LogP contribution in [0, 0.1) is 12.8 Å². The highest BCUT2D eigenvalue weighted by molar-refractivity contribution is 5.75. The molecule has 0 fully saturated rings. The molecule has 2 rings (SSSR count). The van der Waals surface area contributed by atoms with Crippen molar-refractivity contribution in [3.05, 3.63) is 23.1 Å². The first-order valence-electron chi connectivity index (χ1n) is 6.93. The molecule has 0 spiro atoms. The first-order valence-corrected chi connectivity index (χ1v) is 6.93. The molecule has 104 valence electrons. The number of aromatic nitrogens is 3. The van der Waals surface area contributed by atoms with Crippen molar-refractivity contribution in [3.63, 3.8) is 0 Å². The molecule has 19 heavy (non-hydrogen) atoms. The lowest BCUT2D eigenvalue weighted by molar-refractivity contribution is 0.125. The molecular formula is C15H23N3O. The van der Waals surface area contributed by atoms with Crippen molar-refractivity contribution < 1.29 is 5.11 Å². The van der Waals surface area contributed by atoms with E-state index in [9.17, 15) is 5.11 Å². The van der Waals surface area contributed by atoms with E-state index >= 15 is 0 Å². The van der Waals surface area contributed by atoms with Crippen LogP contribution in [0.1, 0.15) is 37.9 Å². The Hall–Kier alpha value is -1.42. The average molecular weight is 261 g/mol. The molecule has 0 aromatic carbocycles. The molecule has 0 bridgehead atoms. The van der Waals surface area contributed by atoms with E-state index in [0.29, 0.717) is 6.42 Å². The van der Waals surface area contributed by atoms with Crippen molar-refractivity contribution in [3.8, 4) is 0 Å². The summed E-state index contributed by atoms with van der Waals surface area (Å²) in [5.74, 6) is 1.29. The van der Waals surface area contributed by atoms with Gasteiger partial charge < -0.3 is 9.67 Å². The normalized spacial score (nSPS) is 13.4. The van der Waals surface area contributed by atoms with Crippen LogP contribution >= 0.6 is 0 Å². The molecular weight excluding hydrogens is 238 g/mol. The van der Waals surface area contributed by atoms with Crippen LogP contribution in [0.3, 0.4) is 0 Å². The maximum Gasteiger partial charge on any atom is 0.160 e. The molecule has 0 amide bonds. The quantitative estimate of drug-likeness (QED) is 0.919. The van der Waals surface area contributed by atoms with Gasteiger partial charge in [-0.2, -0.15) is 0 Å². The summed E-state index contributed by atoms with van der Waals surface area (Å²) in [6, 6.07) is 2.04. The molecule has 0 radical (unpaired) electrons. The third kappa shape index (κ3) is 2.63. The topological polar surface area (TPSA) is 50.9 Å². The molecule has 2 aromatic rings. The third-order valence-corrected chi connectivity index (χ3v) is 3.67. The lowest BCUT2D eigenvalue weighted by Crippen LogP contribution is -2.18. The minimum absolute atomic E-state index is 0.246. The van der Waals surface area contributed by atoms with Crippen molar-refractivity contribution >= 4 is 11.2 Å². The predicted octanol–water partition coefficient (Wildman–Crippen LogP) is 2.40. The molecule has 0 aliphatic rings. The molecule has 1 unspecified atom stereocenters. The molecule has 2 heterocycles. The maximum atomic E-state index is 10.0. The van der Waals surface area contributed by atoms with E-state index in [1.807, 2.05) is 31.5 Å². The molecule has 0 saturated heterocycles. The number of rotatable bonds is 4. The van der Waals surface area contributed by atoms with Crippen LogP contribution in [0.25, 0.3) is 11.2 Å². The van der Waals surface area contributed by atoms with E-state index in [4.69, 9.17) is 0 Å². The predicted molar refractivity (Wildman–Crippen MR) is 77.2 cm³/mol. The van der Waals surface area contributed by atoms with E-state index in [2.05, 4.69) is 23.8 Å². The van der Waals surface area contributed by atoms with E-state index in [1.165, 1.54) is 0 Å². The molecule has 0 saturated carbocycles. The fraction of sp³-hybridized carbons (Fsp3) is 0.600. The van der Waals surface area contributed by atoms with Crippen LogP contribution in [0.4, 0.5) is 0 Å². The zero-order chi connectivity index (χ0) is 14.2. The summed E-state index contributed by atoms with van der Waals surface area (Å²) >= 11 is 0. The molecule has 0 aliphatic heterocycles. The Morgan fingerprint density at radius 1 is 1.32 bits per heavy atom. The fourth-order valence-corrected chi connectivity index (χ4v) is 2.28. The first-order chi connectivity index (χ1) is 8.93. The van der Waals surface area contributed by atoms with Crippen molar-refractivity contribution in [2.75, 3.05) is 0 Å². The number of aliphatic hydroxyl groups is 1. The lowest BCUT2D eigenvalue weighted by atomic mass is 10.0. The Balaban J connectivity index is 2.45. The van der Waals surface area contributed by atoms with Crippen LogP contribution < -0.4 is 0 Å². The van der Waals surface area contributed by atoms with Crippen molar-refractivity contribution in [1.82, 2.24) is 14.5 Å². The fourth-order valence-electron chi connectivity index (χ4n) is 2.28. The minimum Gasteiger partial charge on any atom is -0.392 e. The highest BCUT2D eigenvalue weighted by Crippen LogP contribution is 2.20. The number of nitrogens with zero attached hydrogens (tertiary/aromatic N) is 3. The van der Waals surface area contributed by atoms with Gasteiger partial charge >= 0.3 is 0 Å². The monoisotopic (exact) mass is 261 g/mol. The van der Waals surface area contributed by atoms with Gasteiger partial charge in [0.1, 0.15) is 11.3 Å². The number of hydrogen-bond donors (Lipinski definition) is 1. The van der Waals surface area contributed by atoms with Gasteiger partial charge in [-0.1, -0.05) is 20.8 Å². The smallest absolute Gasteiger partial charge is 0.160 e. The minimum atomic E-state index is -0.344. The summed E-state index contributed by atoms with van der Waals surface area (Å²) in [4.78, 5) is 9.29.